The topological polar surface area (TPSA) is 99.3 Å². The number of benzene rings is 4. The van der Waals surface area contributed by atoms with E-state index in [0.29, 0.717) is 27.1 Å². The van der Waals surface area contributed by atoms with Crippen molar-refractivity contribution in [2.24, 2.45) is 12.0 Å². The summed E-state index contributed by atoms with van der Waals surface area (Å²) >= 11 is 1.20. The Kier molecular flexibility index (Phi) is 5.74. The van der Waals surface area contributed by atoms with Crippen LogP contribution in [0.4, 0.5) is 11.4 Å². The van der Waals surface area contributed by atoms with Crippen molar-refractivity contribution in [2.45, 2.75) is 10.1 Å². The molecule has 0 bridgehead atoms. The van der Waals surface area contributed by atoms with Gasteiger partial charge < -0.3 is 8.98 Å². The molecule has 0 saturated heterocycles. The summed E-state index contributed by atoms with van der Waals surface area (Å²) < 4.78 is 7.76. The van der Waals surface area contributed by atoms with Crippen LogP contribution in [0.2, 0.25) is 0 Å². The average molecular weight is 506 g/mol. The second kappa shape index (κ2) is 9.36. The predicted octanol–water partition coefficient (Wildman–Crippen LogP) is 7.19. The summed E-state index contributed by atoms with van der Waals surface area (Å²) in [5, 5.41) is 23.0. The van der Waals surface area contributed by atoms with Gasteiger partial charge in [0.1, 0.15) is 11.2 Å². The van der Waals surface area contributed by atoms with Crippen LogP contribution in [-0.2, 0) is 7.05 Å². The van der Waals surface area contributed by atoms with Crippen LogP contribution < -0.4 is 0 Å². The van der Waals surface area contributed by atoms with Gasteiger partial charge >= 0.3 is 0 Å². The lowest BCUT2D eigenvalue weighted by Gasteiger charge is -2.05. The molecule has 0 radical (unpaired) electrons. The van der Waals surface area contributed by atoms with E-state index in [0.717, 1.165) is 27.5 Å². The summed E-state index contributed by atoms with van der Waals surface area (Å²) in [5.74, 6) is 0.691. The third kappa shape index (κ3) is 4.36. The van der Waals surface area contributed by atoms with Gasteiger partial charge in [0.2, 0.25) is 0 Å². The second-order valence-electron chi connectivity index (χ2n) is 8.35. The molecule has 0 aliphatic rings. The van der Waals surface area contributed by atoms with Crippen molar-refractivity contribution >= 4 is 51.3 Å². The number of fused-ring (bicyclic) bond motifs is 3. The molecule has 0 aliphatic carbocycles. The average Bonchev–Trinajstić information content (AvgIpc) is 3.48. The molecule has 0 fully saturated rings. The van der Waals surface area contributed by atoms with Crippen molar-refractivity contribution in [3.63, 3.8) is 0 Å². The first-order chi connectivity index (χ1) is 18.1. The van der Waals surface area contributed by atoms with Crippen molar-refractivity contribution < 1.29 is 9.34 Å². The highest BCUT2D eigenvalue weighted by molar-refractivity contribution is 7.99. The van der Waals surface area contributed by atoms with Crippen LogP contribution in [0.1, 0.15) is 5.56 Å². The molecule has 4 aromatic carbocycles. The van der Waals surface area contributed by atoms with E-state index in [4.69, 9.17) is 4.42 Å². The zero-order valence-electron chi connectivity index (χ0n) is 19.6. The molecule has 8 nitrogen and oxygen atoms in total. The van der Waals surface area contributed by atoms with Crippen molar-refractivity contribution in [3.8, 4) is 11.4 Å². The molecular weight excluding hydrogens is 486 g/mol. The van der Waals surface area contributed by atoms with E-state index >= 15 is 0 Å². The number of furan rings is 1. The fourth-order valence-corrected chi connectivity index (χ4v) is 5.00. The van der Waals surface area contributed by atoms with E-state index in [1.54, 1.807) is 18.3 Å². The Morgan fingerprint density at radius 2 is 1.70 bits per heavy atom. The lowest BCUT2D eigenvalue weighted by atomic mass is 10.1. The zero-order valence-corrected chi connectivity index (χ0v) is 20.4. The monoisotopic (exact) mass is 505 g/mol. The first-order valence-corrected chi connectivity index (χ1v) is 12.2. The molecule has 0 N–H and O–H groups in total. The van der Waals surface area contributed by atoms with E-state index in [1.807, 2.05) is 84.4 Å². The number of para-hydroxylation sites is 1. The summed E-state index contributed by atoms with van der Waals surface area (Å²) in [5.41, 5.74) is 3.77. The number of hydrogen-bond donors (Lipinski definition) is 0. The number of aromatic nitrogens is 3. The van der Waals surface area contributed by atoms with E-state index < -0.39 is 4.92 Å². The van der Waals surface area contributed by atoms with E-state index in [9.17, 15) is 10.1 Å². The van der Waals surface area contributed by atoms with Gasteiger partial charge in [0, 0.05) is 41.7 Å². The Morgan fingerprint density at radius 3 is 2.54 bits per heavy atom. The van der Waals surface area contributed by atoms with Crippen LogP contribution in [0.15, 0.2) is 110 Å². The van der Waals surface area contributed by atoms with Gasteiger partial charge in [0.25, 0.3) is 5.69 Å². The molecule has 0 spiro atoms. The summed E-state index contributed by atoms with van der Waals surface area (Å²) in [4.78, 5) is 16.5. The fraction of sp³-hybridized carbons (Fsp3) is 0.0357. The number of nitro benzene ring substituents is 1. The number of nitro groups is 1. The van der Waals surface area contributed by atoms with Gasteiger partial charge in [-0.1, -0.05) is 54.6 Å². The second-order valence-corrected chi connectivity index (χ2v) is 9.36. The Labute approximate surface area is 215 Å². The molecule has 37 heavy (non-hydrogen) atoms. The normalized spacial score (nSPS) is 11.6. The lowest BCUT2D eigenvalue weighted by molar-refractivity contribution is -0.387. The summed E-state index contributed by atoms with van der Waals surface area (Å²) in [6, 6.07) is 28.3. The number of nitrogens with zero attached hydrogens (tertiary/aromatic N) is 5. The van der Waals surface area contributed by atoms with Gasteiger partial charge in [-0.2, -0.15) is 0 Å². The lowest BCUT2D eigenvalue weighted by Crippen LogP contribution is -1.97. The Hall–Kier alpha value is -4.76. The first kappa shape index (κ1) is 22.7. The largest absolute Gasteiger partial charge is 0.456 e. The maximum atomic E-state index is 11.9. The molecule has 0 atom stereocenters. The van der Waals surface area contributed by atoms with Gasteiger partial charge in [-0.25, -0.2) is 0 Å². The Morgan fingerprint density at radius 1 is 0.919 bits per heavy atom. The van der Waals surface area contributed by atoms with Crippen molar-refractivity contribution in [3.05, 3.63) is 107 Å². The predicted molar refractivity (Wildman–Crippen MR) is 145 cm³/mol. The molecule has 2 heterocycles. The maximum absolute atomic E-state index is 11.9. The number of rotatable bonds is 6. The van der Waals surface area contributed by atoms with E-state index in [1.165, 1.54) is 17.8 Å². The van der Waals surface area contributed by atoms with Crippen molar-refractivity contribution in [1.82, 2.24) is 14.8 Å². The van der Waals surface area contributed by atoms with E-state index in [2.05, 4.69) is 15.2 Å². The minimum atomic E-state index is -0.394. The minimum Gasteiger partial charge on any atom is -0.456 e. The molecule has 0 unspecified atom stereocenters. The summed E-state index contributed by atoms with van der Waals surface area (Å²) in [6.45, 7) is 0. The molecule has 9 heteroatoms. The molecule has 0 saturated carbocycles. The van der Waals surface area contributed by atoms with Crippen LogP contribution in [0.3, 0.4) is 0 Å². The molecule has 0 amide bonds. The number of aliphatic imine (C=N–C) groups is 1. The molecule has 0 aliphatic heterocycles. The Bertz CT molecular complexity index is 1810. The minimum absolute atomic E-state index is 0.0223. The summed E-state index contributed by atoms with van der Waals surface area (Å²) in [6.07, 6.45) is 1.61. The van der Waals surface area contributed by atoms with Crippen LogP contribution in [-0.4, -0.2) is 25.9 Å². The van der Waals surface area contributed by atoms with Gasteiger partial charge in [0.15, 0.2) is 11.0 Å². The van der Waals surface area contributed by atoms with Crippen LogP contribution >= 0.6 is 11.8 Å². The van der Waals surface area contributed by atoms with Gasteiger partial charge in [-0.05, 0) is 41.6 Å². The standard InChI is InChI=1S/C28H19N5O3S/c1-32-27(19-7-3-2-4-8-19)30-31-28(32)37-26-14-11-18(15-23(26)33(34)35)17-29-20-12-13-22-21-9-5-6-10-24(21)36-25(22)16-20/h2-17H,1H3. The van der Waals surface area contributed by atoms with Gasteiger partial charge in [-0.3, -0.25) is 15.1 Å². The third-order valence-electron chi connectivity index (χ3n) is 5.97. The molecule has 6 rings (SSSR count). The summed E-state index contributed by atoms with van der Waals surface area (Å²) in [7, 11) is 1.84. The zero-order chi connectivity index (χ0) is 25.4. The van der Waals surface area contributed by atoms with Crippen molar-refractivity contribution in [1.29, 1.82) is 0 Å². The van der Waals surface area contributed by atoms with Crippen molar-refractivity contribution in [2.75, 3.05) is 0 Å². The number of hydrogen-bond acceptors (Lipinski definition) is 7. The fourth-order valence-electron chi connectivity index (χ4n) is 4.13. The molecule has 180 valence electrons. The van der Waals surface area contributed by atoms with Gasteiger partial charge in [-0.15, -0.1) is 10.2 Å². The molecular formula is C28H19N5O3S. The molecule has 6 aromatic rings. The van der Waals surface area contributed by atoms with Crippen LogP contribution in [0.5, 0.6) is 0 Å². The van der Waals surface area contributed by atoms with Crippen LogP contribution in [0, 0.1) is 10.1 Å². The smallest absolute Gasteiger partial charge is 0.283 e. The highest BCUT2D eigenvalue weighted by atomic mass is 32.2. The van der Waals surface area contributed by atoms with E-state index in [-0.39, 0.29) is 5.69 Å². The quantitative estimate of drug-likeness (QED) is 0.135. The highest BCUT2D eigenvalue weighted by Crippen LogP contribution is 2.36. The maximum Gasteiger partial charge on any atom is 0.283 e. The molecule has 2 aromatic heterocycles. The first-order valence-electron chi connectivity index (χ1n) is 11.4. The van der Waals surface area contributed by atoms with Gasteiger partial charge in [0.05, 0.1) is 15.5 Å². The Balaban J connectivity index is 1.27. The highest BCUT2D eigenvalue weighted by Gasteiger charge is 2.19. The van der Waals surface area contributed by atoms with Crippen LogP contribution in [0.25, 0.3) is 33.3 Å². The SMILES string of the molecule is Cn1c(Sc2ccc(C=Nc3ccc4c(c3)oc3ccccc34)cc2[N+](=O)[O-])nnc1-c1ccccc1. The third-order valence-corrected chi connectivity index (χ3v) is 7.08.